The number of hydrogen-bond donors (Lipinski definition) is 1. The van der Waals surface area contributed by atoms with Gasteiger partial charge in [-0.15, -0.1) is 5.10 Å². The van der Waals surface area contributed by atoms with E-state index in [-0.39, 0.29) is 12.2 Å². The van der Waals surface area contributed by atoms with E-state index in [4.69, 9.17) is 21.1 Å². The summed E-state index contributed by atoms with van der Waals surface area (Å²) in [7, 11) is 1.77. The molecular weight excluding hydrogens is 428 g/mol. The van der Waals surface area contributed by atoms with Crippen molar-refractivity contribution in [3.8, 4) is 11.6 Å². The first-order chi connectivity index (χ1) is 15.5. The molecule has 8 heteroatoms. The van der Waals surface area contributed by atoms with Gasteiger partial charge in [0.1, 0.15) is 5.75 Å². The molecule has 1 aliphatic heterocycles. The van der Waals surface area contributed by atoms with Crippen molar-refractivity contribution in [1.82, 2.24) is 20.0 Å². The van der Waals surface area contributed by atoms with Crippen LogP contribution in [0.15, 0.2) is 24.3 Å². The fourth-order valence-corrected chi connectivity index (χ4v) is 4.86. The van der Waals surface area contributed by atoms with Gasteiger partial charge in [-0.1, -0.05) is 17.7 Å². The molecule has 32 heavy (non-hydrogen) atoms. The van der Waals surface area contributed by atoms with Gasteiger partial charge in [0.15, 0.2) is 0 Å². The summed E-state index contributed by atoms with van der Waals surface area (Å²) < 4.78 is 11.5. The highest BCUT2D eigenvalue weighted by Crippen LogP contribution is 2.40. The Hall–Kier alpha value is -2.25. The van der Waals surface area contributed by atoms with Crippen LogP contribution >= 0.6 is 11.6 Å². The summed E-state index contributed by atoms with van der Waals surface area (Å²) in [5.74, 6) is 2.13. The van der Waals surface area contributed by atoms with Crippen LogP contribution in [0.2, 0.25) is 5.02 Å². The number of likely N-dealkylation sites (tertiary alicyclic amines) is 1. The van der Waals surface area contributed by atoms with Crippen molar-refractivity contribution >= 4 is 17.7 Å². The Balaban J connectivity index is 1.04. The van der Waals surface area contributed by atoms with Gasteiger partial charge in [-0.3, -0.25) is 10.00 Å². The van der Waals surface area contributed by atoms with E-state index in [1.165, 1.54) is 25.7 Å². The van der Waals surface area contributed by atoms with Gasteiger partial charge in [-0.05, 0) is 75.2 Å². The maximum atomic E-state index is 12.3. The lowest BCUT2D eigenvalue weighted by Crippen LogP contribution is -2.42. The fraction of sp³-hybridized carbons (Fsp3) is 0.583. The van der Waals surface area contributed by atoms with Gasteiger partial charge in [0, 0.05) is 42.8 Å². The van der Waals surface area contributed by atoms with Crippen molar-refractivity contribution in [3.63, 3.8) is 0 Å². The fourth-order valence-electron chi connectivity index (χ4n) is 4.63. The van der Waals surface area contributed by atoms with E-state index in [2.05, 4.69) is 21.2 Å². The van der Waals surface area contributed by atoms with Crippen molar-refractivity contribution in [2.45, 2.75) is 57.1 Å². The molecular formula is C24H31ClN4O3. The molecule has 1 saturated heterocycles. The zero-order chi connectivity index (χ0) is 22.1. The van der Waals surface area contributed by atoms with Crippen molar-refractivity contribution in [1.29, 1.82) is 0 Å². The standard InChI is InChI=1S/C24H31ClN4O3/c1-28(24(30)32-23-13-22(26-27-23)17-4-5-17)14-16-10-20(11-16)31-19-7-6-18(21(25)12-19)15-29-8-2-3-9-29/h6-7,12-13,16-17,20H,2-5,8-11,14-15H2,1H3,(H,26,27). The number of nitrogens with one attached hydrogen (secondary N) is 1. The van der Waals surface area contributed by atoms with Crippen LogP contribution in [-0.4, -0.2) is 58.9 Å². The largest absolute Gasteiger partial charge is 0.490 e. The van der Waals surface area contributed by atoms with E-state index in [1.54, 1.807) is 11.9 Å². The monoisotopic (exact) mass is 458 g/mol. The Bertz CT molecular complexity index is 948. The normalized spacial score (nSPS) is 23.1. The lowest BCUT2D eigenvalue weighted by molar-refractivity contribution is 0.0482. The number of benzene rings is 1. The summed E-state index contributed by atoms with van der Waals surface area (Å²) in [5.41, 5.74) is 2.22. The maximum Gasteiger partial charge on any atom is 0.416 e. The summed E-state index contributed by atoms with van der Waals surface area (Å²) in [5, 5.41) is 7.81. The number of ether oxygens (including phenoxy) is 2. The summed E-state index contributed by atoms with van der Waals surface area (Å²) in [6.45, 7) is 3.87. The Morgan fingerprint density at radius 2 is 2.03 bits per heavy atom. The van der Waals surface area contributed by atoms with Crippen molar-refractivity contribution in [3.05, 3.63) is 40.5 Å². The molecule has 2 aromatic rings. The summed E-state index contributed by atoms with van der Waals surface area (Å²) in [6.07, 6.45) is 6.53. The smallest absolute Gasteiger partial charge is 0.416 e. The van der Waals surface area contributed by atoms with Crippen LogP contribution in [-0.2, 0) is 6.54 Å². The van der Waals surface area contributed by atoms with Gasteiger partial charge in [-0.2, -0.15) is 0 Å². The predicted molar refractivity (Wildman–Crippen MR) is 122 cm³/mol. The molecule has 2 heterocycles. The van der Waals surface area contributed by atoms with Gasteiger partial charge < -0.3 is 14.4 Å². The molecule has 3 fully saturated rings. The molecule has 172 valence electrons. The maximum absolute atomic E-state index is 12.3. The molecule has 0 atom stereocenters. The molecule has 0 unspecified atom stereocenters. The number of aromatic nitrogens is 2. The zero-order valence-electron chi connectivity index (χ0n) is 18.6. The number of hydrogen-bond acceptors (Lipinski definition) is 5. The number of rotatable bonds is 8. The Kier molecular flexibility index (Phi) is 6.28. The Morgan fingerprint density at radius 1 is 1.25 bits per heavy atom. The molecule has 0 bridgehead atoms. The first-order valence-corrected chi connectivity index (χ1v) is 12.1. The number of halogens is 1. The second-order valence-electron chi connectivity index (χ2n) is 9.50. The minimum atomic E-state index is -0.372. The number of carbonyl (C=O) groups is 1. The predicted octanol–water partition coefficient (Wildman–Crippen LogP) is 4.82. The number of aromatic amines is 1. The summed E-state index contributed by atoms with van der Waals surface area (Å²) >= 11 is 6.50. The number of amides is 1. The quantitative estimate of drug-likeness (QED) is 0.613. The molecule has 7 nitrogen and oxygen atoms in total. The molecule has 2 saturated carbocycles. The molecule has 3 aliphatic rings. The molecule has 1 N–H and O–H groups in total. The van der Waals surface area contributed by atoms with Gasteiger partial charge >= 0.3 is 6.09 Å². The molecule has 5 rings (SSSR count). The van der Waals surface area contributed by atoms with Crippen molar-refractivity contribution in [2.75, 3.05) is 26.7 Å². The van der Waals surface area contributed by atoms with Gasteiger partial charge in [0.05, 0.1) is 6.10 Å². The first-order valence-electron chi connectivity index (χ1n) is 11.7. The van der Waals surface area contributed by atoms with Crippen LogP contribution in [0.3, 0.4) is 0 Å². The molecule has 1 amide bonds. The van der Waals surface area contributed by atoms with Crippen LogP contribution in [0.25, 0.3) is 0 Å². The van der Waals surface area contributed by atoms with E-state index < -0.39 is 0 Å². The minimum Gasteiger partial charge on any atom is -0.490 e. The third-order valence-corrected chi connectivity index (χ3v) is 7.09. The highest BCUT2D eigenvalue weighted by Gasteiger charge is 2.33. The molecule has 0 radical (unpaired) electrons. The highest BCUT2D eigenvalue weighted by molar-refractivity contribution is 6.31. The molecule has 2 aliphatic carbocycles. The number of H-pyrrole nitrogens is 1. The van der Waals surface area contributed by atoms with Gasteiger partial charge in [0.2, 0.25) is 5.88 Å². The topological polar surface area (TPSA) is 70.7 Å². The second-order valence-corrected chi connectivity index (χ2v) is 9.91. The minimum absolute atomic E-state index is 0.164. The first kappa shape index (κ1) is 21.6. The summed E-state index contributed by atoms with van der Waals surface area (Å²) in [6, 6.07) is 7.87. The lowest BCUT2D eigenvalue weighted by atomic mass is 9.82. The highest BCUT2D eigenvalue weighted by atomic mass is 35.5. The lowest BCUT2D eigenvalue weighted by Gasteiger charge is -2.37. The van der Waals surface area contributed by atoms with Crippen LogP contribution in [0.4, 0.5) is 4.79 Å². The molecule has 1 aromatic heterocycles. The van der Waals surface area contributed by atoms with Gasteiger partial charge in [0.25, 0.3) is 0 Å². The van der Waals surface area contributed by atoms with E-state index in [1.807, 2.05) is 18.2 Å². The Morgan fingerprint density at radius 3 is 2.75 bits per heavy atom. The average Bonchev–Trinajstić information content (AvgIpc) is 3.26. The van der Waals surface area contributed by atoms with Crippen molar-refractivity contribution in [2.24, 2.45) is 5.92 Å². The van der Waals surface area contributed by atoms with E-state index in [9.17, 15) is 4.79 Å². The third kappa shape index (κ3) is 5.21. The van der Waals surface area contributed by atoms with Crippen LogP contribution < -0.4 is 9.47 Å². The van der Waals surface area contributed by atoms with Crippen LogP contribution in [0, 0.1) is 5.92 Å². The van der Waals surface area contributed by atoms with Gasteiger partial charge in [-0.25, -0.2) is 4.79 Å². The summed E-state index contributed by atoms with van der Waals surface area (Å²) in [4.78, 5) is 16.4. The SMILES string of the molecule is CN(CC1CC(Oc2ccc(CN3CCCC3)c(Cl)c2)C1)C(=O)Oc1cc(C2CC2)[nH]n1. The zero-order valence-corrected chi connectivity index (χ0v) is 19.3. The van der Waals surface area contributed by atoms with Crippen molar-refractivity contribution < 1.29 is 14.3 Å². The number of carbonyl (C=O) groups excluding carboxylic acids is 1. The second kappa shape index (κ2) is 9.32. The van der Waals surface area contributed by atoms with E-state index in [0.717, 1.165) is 54.5 Å². The third-order valence-electron chi connectivity index (χ3n) is 6.74. The Labute approximate surface area is 194 Å². The van der Waals surface area contributed by atoms with Crippen LogP contribution in [0.5, 0.6) is 11.6 Å². The number of nitrogens with zero attached hydrogens (tertiary/aromatic N) is 3. The van der Waals surface area contributed by atoms with Crippen LogP contribution in [0.1, 0.15) is 55.7 Å². The van der Waals surface area contributed by atoms with E-state index in [0.29, 0.717) is 24.3 Å². The average molecular weight is 459 g/mol. The molecule has 1 aromatic carbocycles. The molecule has 0 spiro atoms. The van der Waals surface area contributed by atoms with E-state index >= 15 is 0 Å².